The number of rotatable bonds is 3. The molecule has 0 N–H and O–H groups in total. The van der Waals surface area contributed by atoms with E-state index in [9.17, 15) is 21.6 Å². The van der Waals surface area contributed by atoms with Gasteiger partial charge in [0.25, 0.3) is 0 Å². The van der Waals surface area contributed by atoms with Crippen LogP contribution in [0.1, 0.15) is 11.1 Å². The van der Waals surface area contributed by atoms with Gasteiger partial charge in [-0.1, -0.05) is 5.16 Å². The molecule has 1 aliphatic rings. The van der Waals surface area contributed by atoms with E-state index in [0.717, 1.165) is 5.56 Å². The number of fused-ring (bicyclic) bond motifs is 1. The minimum Gasteiger partial charge on any atom is -0.497 e. The Labute approximate surface area is 106 Å². The van der Waals surface area contributed by atoms with Crippen molar-refractivity contribution in [1.82, 2.24) is 0 Å². The lowest BCUT2D eigenvalue weighted by Gasteiger charge is -2.21. The summed E-state index contributed by atoms with van der Waals surface area (Å²) in [5.41, 5.74) is -4.00. The van der Waals surface area contributed by atoms with E-state index in [1.54, 1.807) is 18.2 Å². The lowest BCUT2D eigenvalue weighted by atomic mass is 9.86. The smallest absolute Gasteiger partial charge is 0.497 e. The van der Waals surface area contributed by atoms with Crippen molar-refractivity contribution >= 4 is 15.8 Å². The largest absolute Gasteiger partial charge is 0.536 e. The maximum absolute atomic E-state index is 12.0. The molecule has 0 spiro atoms. The summed E-state index contributed by atoms with van der Waals surface area (Å²) in [6.45, 7) is 0. The van der Waals surface area contributed by atoms with Crippen molar-refractivity contribution in [3.05, 3.63) is 29.3 Å². The van der Waals surface area contributed by atoms with Gasteiger partial charge in [-0.15, -0.1) is 0 Å². The van der Waals surface area contributed by atoms with E-state index in [1.165, 1.54) is 7.11 Å². The zero-order chi connectivity index (χ0) is 14.3. The van der Waals surface area contributed by atoms with Crippen LogP contribution >= 0.6 is 0 Å². The third-order valence-corrected chi connectivity index (χ3v) is 3.35. The third kappa shape index (κ3) is 2.50. The molecule has 0 fully saturated rings. The van der Waals surface area contributed by atoms with Gasteiger partial charge < -0.3 is 4.74 Å². The van der Waals surface area contributed by atoms with Crippen LogP contribution in [-0.4, -0.2) is 26.7 Å². The molecule has 1 aliphatic carbocycles. The highest BCUT2D eigenvalue weighted by atomic mass is 32.2. The van der Waals surface area contributed by atoms with Gasteiger partial charge in [0.05, 0.1) is 12.8 Å². The molecule has 1 aromatic carbocycles. The van der Waals surface area contributed by atoms with Crippen LogP contribution in [0.5, 0.6) is 5.75 Å². The van der Waals surface area contributed by atoms with Crippen molar-refractivity contribution in [3.8, 4) is 5.75 Å². The number of hydrogen-bond donors (Lipinski definition) is 0. The van der Waals surface area contributed by atoms with Crippen molar-refractivity contribution in [2.45, 2.75) is 11.9 Å². The molecule has 0 amide bonds. The van der Waals surface area contributed by atoms with Crippen molar-refractivity contribution < 1.29 is 30.6 Å². The molecule has 0 saturated heterocycles. The van der Waals surface area contributed by atoms with E-state index in [0.29, 0.717) is 11.3 Å². The Balaban J connectivity index is 2.16. The highest BCUT2D eigenvalue weighted by molar-refractivity contribution is 7.87. The fraction of sp³-hybridized carbons (Fsp3) is 0.300. The summed E-state index contributed by atoms with van der Waals surface area (Å²) in [5.74, 6) is 0.599. The minimum absolute atomic E-state index is 0.144. The zero-order valence-electron chi connectivity index (χ0n) is 9.56. The Hall–Kier alpha value is -1.77. The van der Waals surface area contributed by atoms with Crippen LogP contribution in [0.25, 0.3) is 0 Å². The van der Waals surface area contributed by atoms with Crippen LogP contribution in [0.2, 0.25) is 0 Å². The topological polar surface area (TPSA) is 65.0 Å². The average molecular weight is 295 g/mol. The molecule has 0 radical (unpaired) electrons. The monoisotopic (exact) mass is 295 g/mol. The van der Waals surface area contributed by atoms with Gasteiger partial charge in [-0.2, -0.15) is 21.6 Å². The Morgan fingerprint density at radius 2 is 2.00 bits per heavy atom. The molecule has 0 aromatic heterocycles. The Bertz CT molecular complexity index is 637. The van der Waals surface area contributed by atoms with Gasteiger partial charge in [0.15, 0.2) is 0 Å². The number of hydrogen-bond acceptors (Lipinski definition) is 5. The van der Waals surface area contributed by atoms with Crippen molar-refractivity contribution in [2.75, 3.05) is 7.11 Å². The third-order valence-electron chi connectivity index (χ3n) is 2.51. The van der Waals surface area contributed by atoms with Gasteiger partial charge >= 0.3 is 15.6 Å². The van der Waals surface area contributed by atoms with Gasteiger partial charge in [0.2, 0.25) is 0 Å². The van der Waals surface area contributed by atoms with E-state index in [1.807, 2.05) is 0 Å². The summed E-state index contributed by atoms with van der Waals surface area (Å²) in [4.78, 5) is 0. The lowest BCUT2D eigenvalue weighted by molar-refractivity contribution is -0.0541. The molecule has 9 heteroatoms. The quantitative estimate of drug-likeness (QED) is 0.630. The molecule has 0 atom stereocenters. The maximum Gasteiger partial charge on any atom is 0.536 e. The van der Waals surface area contributed by atoms with E-state index in [-0.39, 0.29) is 12.1 Å². The van der Waals surface area contributed by atoms with Crippen molar-refractivity contribution in [3.63, 3.8) is 0 Å². The zero-order valence-corrected chi connectivity index (χ0v) is 10.4. The van der Waals surface area contributed by atoms with E-state index in [4.69, 9.17) is 4.74 Å². The van der Waals surface area contributed by atoms with E-state index < -0.39 is 15.6 Å². The minimum atomic E-state index is -5.70. The number of methoxy groups -OCH3 is 1. The fourth-order valence-electron chi connectivity index (χ4n) is 1.51. The van der Waals surface area contributed by atoms with Crippen molar-refractivity contribution in [1.29, 1.82) is 0 Å². The van der Waals surface area contributed by atoms with E-state index in [2.05, 4.69) is 9.44 Å². The molecule has 5 nitrogen and oxygen atoms in total. The average Bonchev–Trinajstić information content (AvgIpc) is 2.28. The Morgan fingerprint density at radius 3 is 2.53 bits per heavy atom. The molecule has 0 bridgehead atoms. The molecule has 1 aromatic rings. The van der Waals surface area contributed by atoms with Gasteiger partial charge in [-0.25, -0.2) is 0 Å². The van der Waals surface area contributed by atoms with Crippen LogP contribution in [0.4, 0.5) is 13.2 Å². The number of alkyl halides is 3. The second kappa shape index (κ2) is 4.41. The van der Waals surface area contributed by atoms with Crippen LogP contribution in [-0.2, 0) is 20.8 Å². The summed E-state index contributed by atoms with van der Waals surface area (Å²) in [6.07, 6.45) is 0.222. The maximum atomic E-state index is 12.0. The summed E-state index contributed by atoms with van der Waals surface area (Å²) in [5, 5.41) is 3.03. The Kier molecular flexibility index (Phi) is 3.17. The summed E-state index contributed by atoms with van der Waals surface area (Å²) < 4.78 is 65.9. The standard InChI is InChI=1S/C10H8F3NO4S/c1-17-7-2-3-8-6(4-7)5-9(8)14-18-19(15,16)10(11,12)13/h2-4H,5H2,1H3. The van der Waals surface area contributed by atoms with Gasteiger partial charge in [0, 0.05) is 12.0 Å². The molecule has 0 aliphatic heterocycles. The molecule has 0 saturated carbocycles. The molecule has 0 unspecified atom stereocenters. The summed E-state index contributed by atoms with van der Waals surface area (Å²) in [7, 11) is -4.22. The van der Waals surface area contributed by atoms with Gasteiger partial charge in [-0.3, -0.25) is 4.28 Å². The van der Waals surface area contributed by atoms with Crippen molar-refractivity contribution in [2.24, 2.45) is 5.16 Å². The Morgan fingerprint density at radius 1 is 1.32 bits per heavy atom. The number of ether oxygens (including phenoxy) is 1. The number of benzene rings is 1. The molecular formula is C10H8F3NO4S. The lowest BCUT2D eigenvalue weighted by Crippen LogP contribution is -2.26. The second-order valence-corrected chi connectivity index (χ2v) is 5.23. The summed E-state index contributed by atoms with van der Waals surface area (Å²) >= 11 is 0. The first-order valence-electron chi connectivity index (χ1n) is 4.98. The molecular weight excluding hydrogens is 287 g/mol. The highest BCUT2D eigenvalue weighted by Crippen LogP contribution is 2.29. The van der Waals surface area contributed by atoms with E-state index >= 15 is 0 Å². The molecule has 0 heterocycles. The number of oxime groups is 1. The van der Waals surface area contributed by atoms with Crippen LogP contribution < -0.4 is 4.74 Å². The van der Waals surface area contributed by atoms with Gasteiger partial charge in [0.1, 0.15) is 5.75 Å². The van der Waals surface area contributed by atoms with Crippen LogP contribution in [0, 0.1) is 0 Å². The number of nitrogens with zero attached hydrogens (tertiary/aromatic N) is 1. The molecule has 19 heavy (non-hydrogen) atoms. The first-order valence-corrected chi connectivity index (χ1v) is 6.39. The molecule has 2 rings (SSSR count). The predicted octanol–water partition coefficient (Wildman–Crippen LogP) is 1.82. The fourth-order valence-corrected chi connectivity index (χ4v) is 1.78. The normalized spacial score (nSPS) is 16.7. The van der Waals surface area contributed by atoms with Gasteiger partial charge in [-0.05, 0) is 23.8 Å². The van der Waals surface area contributed by atoms with Crippen LogP contribution in [0.3, 0.4) is 0 Å². The number of halogens is 3. The molecule has 104 valence electrons. The summed E-state index contributed by atoms with van der Waals surface area (Å²) in [6, 6.07) is 4.85. The predicted molar refractivity (Wildman–Crippen MR) is 59.3 cm³/mol. The SMILES string of the molecule is COc1ccc2c(c1)CC2=NOS(=O)(=O)C(F)(F)F. The first-order chi connectivity index (χ1) is 8.74. The first kappa shape index (κ1) is 13.7. The van der Waals surface area contributed by atoms with Crippen LogP contribution in [0.15, 0.2) is 23.4 Å². The highest BCUT2D eigenvalue weighted by Gasteiger charge is 2.49. The second-order valence-electron chi connectivity index (χ2n) is 3.71.